The smallest absolute Gasteiger partial charge is 0.167 e. The third-order valence-corrected chi connectivity index (χ3v) is 5.25. The van der Waals surface area contributed by atoms with Gasteiger partial charge in [-0.25, -0.2) is 0 Å². The second-order valence-corrected chi connectivity index (χ2v) is 6.34. The van der Waals surface area contributed by atoms with Gasteiger partial charge in [0.05, 0.1) is 0 Å². The minimum atomic E-state index is 0.149. The summed E-state index contributed by atoms with van der Waals surface area (Å²) < 4.78 is 0. The van der Waals surface area contributed by atoms with Gasteiger partial charge in [0.15, 0.2) is 5.78 Å². The lowest BCUT2D eigenvalue weighted by Gasteiger charge is -2.40. The Morgan fingerprint density at radius 1 is 1.15 bits per heavy atom. The Labute approximate surface area is 118 Å². The van der Waals surface area contributed by atoms with Crippen LogP contribution in [0.15, 0.2) is 36.4 Å². The lowest BCUT2D eigenvalue weighted by atomic mass is 9.63. The largest absolute Gasteiger partial charge is 0.508 e. The Morgan fingerprint density at radius 2 is 1.90 bits per heavy atom. The molecule has 1 fully saturated rings. The van der Waals surface area contributed by atoms with Gasteiger partial charge in [0.25, 0.3) is 0 Å². The molecular formula is C18H18O2. The average molecular weight is 266 g/mol. The Balaban J connectivity index is 1.79. The van der Waals surface area contributed by atoms with Crippen LogP contribution in [0.5, 0.6) is 5.75 Å². The maximum Gasteiger partial charge on any atom is 0.167 e. The highest BCUT2D eigenvalue weighted by atomic mass is 16.3. The summed E-state index contributed by atoms with van der Waals surface area (Å²) in [6, 6.07) is 5.29. The summed E-state index contributed by atoms with van der Waals surface area (Å²) in [7, 11) is 0. The molecule has 2 bridgehead atoms. The fourth-order valence-corrected chi connectivity index (χ4v) is 4.21. The van der Waals surface area contributed by atoms with Crippen molar-refractivity contribution in [3.8, 4) is 5.75 Å². The summed E-state index contributed by atoms with van der Waals surface area (Å²) in [5.41, 5.74) is 2.79. The number of carbonyl (C=O) groups excluding carboxylic acids is 1. The van der Waals surface area contributed by atoms with Crippen molar-refractivity contribution >= 4 is 11.4 Å². The van der Waals surface area contributed by atoms with Crippen molar-refractivity contribution < 1.29 is 9.90 Å². The third kappa shape index (κ3) is 1.54. The van der Waals surface area contributed by atoms with Gasteiger partial charge in [-0.1, -0.05) is 24.3 Å². The van der Waals surface area contributed by atoms with Crippen molar-refractivity contribution in [2.45, 2.75) is 19.8 Å². The highest BCUT2D eigenvalue weighted by molar-refractivity contribution is 6.24. The van der Waals surface area contributed by atoms with E-state index >= 15 is 0 Å². The molecule has 1 N–H and O–H groups in total. The zero-order valence-electron chi connectivity index (χ0n) is 11.5. The molecule has 0 aromatic heterocycles. The number of ketones is 1. The third-order valence-electron chi connectivity index (χ3n) is 5.25. The van der Waals surface area contributed by atoms with Crippen LogP contribution in [0.2, 0.25) is 0 Å². The first kappa shape index (κ1) is 12.0. The molecule has 2 heteroatoms. The van der Waals surface area contributed by atoms with E-state index in [1.54, 1.807) is 12.1 Å². The van der Waals surface area contributed by atoms with E-state index in [1.165, 1.54) is 6.42 Å². The Morgan fingerprint density at radius 3 is 2.60 bits per heavy atom. The SMILES string of the molecule is Cc1ccc(O)cc1C1=CC2C3C=CC(CC3)C2C1=O. The fraction of sp³-hybridized carbons (Fsp3) is 0.389. The van der Waals surface area contributed by atoms with Crippen molar-refractivity contribution in [2.75, 3.05) is 0 Å². The number of phenols is 1. The first-order valence-electron chi connectivity index (χ1n) is 7.39. The van der Waals surface area contributed by atoms with Crippen LogP contribution in [0.25, 0.3) is 5.57 Å². The topological polar surface area (TPSA) is 37.3 Å². The highest BCUT2D eigenvalue weighted by Gasteiger charge is 2.48. The second-order valence-electron chi connectivity index (χ2n) is 6.34. The number of fused-ring (bicyclic) bond motifs is 1. The predicted molar refractivity (Wildman–Crippen MR) is 78.2 cm³/mol. The number of Topliss-reactive ketones (excluding diaryl/α,β-unsaturated/α-hetero) is 1. The maximum absolute atomic E-state index is 12.8. The molecular weight excluding hydrogens is 248 g/mol. The molecule has 4 aliphatic rings. The summed E-state index contributed by atoms with van der Waals surface area (Å²) in [5, 5.41) is 9.71. The number of carbonyl (C=O) groups is 1. The summed E-state index contributed by atoms with van der Waals surface area (Å²) >= 11 is 0. The van der Waals surface area contributed by atoms with Crippen LogP contribution >= 0.6 is 0 Å². The van der Waals surface area contributed by atoms with Gasteiger partial charge in [-0.3, -0.25) is 4.79 Å². The van der Waals surface area contributed by atoms with Gasteiger partial charge >= 0.3 is 0 Å². The summed E-state index contributed by atoms with van der Waals surface area (Å²) in [4.78, 5) is 12.8. The number of aryl methyl sites for hydroxylation is 1. The molecule has 4 aliphatic carbocycles. The van der Waals surface area contributed by atoms with Crippen molar-refractivity contribution in [3.05, 3.63) is 47.6 Å². The molecule has 0 heterocycles. The minimum Gasteiger partial charge on any atom is -0.508 e. The summed E-state index contributed by atoms with van der Waals surface area (Å²) in [5.74, 6) is 1.99. The van der Waals surface area contributed by atoms with E-state index in [2.05, 4.69) is 18.2 Å². The van der Waals surface area contributed by atoms with E-state index in [0.29, 0.717) is 17.8 Å². The van der Waals surface area contributed by atoms with Crippen LogP contribution in [0.3, 0.4) is 0 Å². The minimum absolute atomic E-state index is 0.149. The lowest BCUT2D eigenvalue weighted by Crippen LogP contribution is -2.37. The molecule has 102 valence electrons. The Hall–Kier alpha value is -1.83. The van der Waals surface area contributed by atoms with Crippen LogP contribution < -0.4 is 0 Å². The van der Waals surface area contributed by atoms with Gasteiger partial charge in [-0.15, -0.1) is 0 Å². The van der Waals surface area contributed by atoms with E-state index in [4.69, 9.17) is 0 Å². The van der Waals surface area contributed by atoms with Crippen LogP contribution in [0.1, 0.15) is 24.0 Å². The van der Waals surface area contributed by atoms with E-state index < -0.39 is 0 Å². The number of allylic oxidation sites excluding steroid dienone is 4. The van der Waals surface area contributed by atoms with Gasteiger partial charge in [0, 0.05) is 11.5 Å². The molecule has 5 rings (SSSR count). The molecule has 0 amide bonds. The number of hydrogen-bond donors (Lipinski definition) is 1. The van der Waals surface area contributed by atoms with E-state index in [-0.39, 0.29) is 17.5 Å². The van der Waals surface area contributed by atoms with Crippen LogP contribution in [0.4, 0.5) is 0 Å². The van der Waals surface area contributed by atoms with Gasteiger partial charge in [0.2, 0.25) is 0 Å². The lowest BCUT2D eigenvalue weighted by molar-refractivity contribution is -0.120. The van der Waals surface area contributed by atoms with E-state index in [0.717, 1.165) is 23.1 Å². The standard InChI is InChI=1S/C18H18O2/c1-10-2-7-13(19)8-14(10)16-9-15-11-3-5-12(6-4-11)17(15)18(16)20/h2-3,5,7-9,11-12,15,17,19H,4,6H2,1H3. The number of rotatable bonds is 1. The molecule has 4 unspecified atom stereocenters. The average Bonchev–Trinajstić information content (AvgIpc) is 2.83. The summed E-state index contributed by atoms with van der Waals surface area (Å²) in [6.07, 6.45) is 9.08. The Kier molecular flexibility index (Phi) is 2.44. The molecule has 0 saturated heterocycles. The number of hydrogen-bond acceptors (Lipinski definition) is 2. The molecule has 0 aliphatic heterocycles. The summed E-state index contributed by atoms with van der Waals surface area (Å²) in [6.45, 7) is 2.00. The van der Waals surface area contributed by atoms with Gasteiger partial charge in [-0.2, -0.15) is 0 Å². The zero-order chi connectivity index (χ0) is 13.9. The van der Waals surface area contributed by atoms with Gasteiger partial charge in [0.1, 0.15) is 5.75 Å². The van der Waals surface area contributed by atoms with Crippen LogP contribution in [-0.2, 0) is 4.79 Å². The van der Waals surface area contributed by atoms with E-state index in [9.17, 15) is 9.90 Å². The normalized spacial score (nSPS) is 34.2. The first-order valence-corrected chi connectivity index (χ1v) is 7.39. The van der Waals surface area contributed by atoms with Crippen LogP contribution in [0, 0.1) is 30.6 Å². The molecule has 2 nitrogen and oxygen atoms in total. The number of phenolic OH excluding ortho intramolecular Hbond substituents is 1. The van der Waals surface area contributed by atoms with Crippen LogP contribution in [-0.4, -0.2) is 10.9 Å². The monoisotopic (exact) mass is 266 g/mol. The molecule has 1 saturated carbocycles. The Bertz CT molecular complexity index is 653. The van der Waals surface area contributed by atoms with Gasteiger partial charge in [-0.05, 0) is 60.8 Å². The second kappa shape index (κ2) is 4.08. The molecule has 1 aromatic carbocycles. The van der Waals surface area contributed by atoms with Crippen molar-refractivity contribution in [3.63, 3.8) is 0 Å². The number of aromatic hydroxyl groups is 1. The van der Waals surface area contributed by atoms with Gasteiger partial charge < -0.3 is 5.11 Å². The van der Waals surface area contributed by atoms with E-state index in [1.807, 2.05) is 13.0 Å². The quantitative estimate of drug-likeness (QED) is 0.790. The van der Waals surface area contributed by atoms with Crippen molar-refractivity contribution in [1.82, 2.24) is 0 Å². The molecule has 20 heavy (non-hydrogen) atoms. The maximum atomic E-state index is 12.8. The molecule has 4 atom stereocenters. The van der Waals surface area contributed by atoms with Crippen molar-refractivity contribution in [1.29, 1.82) is 0 Å². The molecule has 0 spiro atoms. The predicted octanol–water partition coefficient (Wildman–Crippen LogP) is 3.50. The van der Waals surface area contributed by atoms with Crippen molar-refractivity contribution in [2.24, 2.45) is 23.7 Å². The fourth-order valence-electron chi connectivity index (χ4n) is 4.21. The first-order chi connectivity index (χ1) is 9.65. The molecule has 1 aromatic rings. The zero-order valence-corrected chi connectivity index (χ0v) is 11.5. The molecule has 0 radical (unpaired) electrons. The highest BCUT2D eigenvalue weighted by Crippen LogP contribution is 2.51. The number of benzene rings is 1.